The van der Waals surface area contributed by atoms with Crippen molar-refractivity contribution < 1.29 is 27.9 Å². The number of likely N-dealkylation sites (tertiary alicyclic amines) is 1. The van der Waals surface area contributed by atoms with Crippen molar-refractivity contribution in [2.75, 3.05) is 13.1 Å². The van der Waals surface area contributed by atoms with Crippen LogP contribution in [0.1, 0.15) is 73.7 Å². The molecule has 198 valence electrons. The number of rotatable bonds is 5. The van der Waals surface area contributed by atoms with Gasteiger partial charge < -0.3 is 9.64 Å². The summed E-state index contributed by atoms with van der Waals surface area (Å²) in [5.41, 5.74) is 0.549. The standard InChI is InChI=1S/C28H33F2N3O4/c29-28(30)8-6-16(7-9-28)19-13-32(14-19)22-2-1-3-23(22)37-20-4-5-21-17(10-20)15-33(25(21)35)27-11-18(12-27)24(34)31-26(27)36/h4-5,10,16,18-19,22-23H,1-3,6-9,11-15H2,(H,31,34,36)/t18?,22-,23+,27?/m0/s1. The highest BCUT2D eigenvalue weighted by Gasteiger charge is 2.63. The number of halogens is 2. The molecule has 3 saturated carbocycles. The molecule has 3 amide bonds. The summed E-state index contributed by atoms with van der Waals surface area (Å²) in [7, 11) is 0. The number of alkyl halides is 2. The number of imide groups is 1. The smallest absolute Gasteiger partial charge is 0.255 e. The van der Waals surface area contributed by atoms with Crippen LogP contribution in [0.2, 0.25) is 0 Å². The molecule has 0 aromatic heterocycles. The summed E-state index contributed by atoms with van der Waals surface area (Å²) < 4.78 is 33.5. The molecule has 2 bridgehead atoms. The van der Waals surface area contributed by atoms with E-state index in [2.05, 4.69) is 10.2 Å². The van der Waals surface area contributed by atoms with Crippen molar-refractivity contribution in [1.82, 2.24) is 15.1 Å². The molecule has 6 fully saturated rings. The number of fused-ring (bicyclic) bond motifs is 3. The fourth-order valence-corrected chi connectivity index (χ4v) is 7.80. The van der Waals surface area contributed by atoms with Gasteiger partial charge in [-0.1, -0.05) is 0 Å². The van der Waals surface area contributed by atoms with Gasteiger partial charge in [-0.15, -0.1) is 0 Å². The molecule has 9 heteroatoms. The van der Waals surface area contributed by atoms with E-state index in [1.165, 1.54) is 0 Å². The maximum Gasteiger partial charge on any atom is 0.255 e. The first-order chi connectivity index (χ1) is 17.7. The zero-order valence-corrected chi connectivity index (χ0v) is 20.9. The van der Waals surface area contributed by atoms with Crippen molar-refractivity contribution in [3.63, 3.8) is 0 Å². The fourth-order valence-electron chi connectivity index (χ4n) is 7.80. The summed E-state index contributed by atoms with van der Waals surface area (Å²) >= 11 is 0. The van der Waals surface area contributed by atoms with Crippen LogP contribution in [-0.2, 0) is 16.1 Å². The van der Waals surface area contributed by atoms with Crippen LogP contribution >= 0.6 is 0 Å². The van der Waals surface area contributed by atoms with Gasteiger partial charge in [-0.3, -0.25) is 24.6 Å². The number of ether oxygens (including phenoxy) is 1. The number of carbonyl (C=O) groups is 3. The molecule has 7 nitrogen and oxygen atoms in total. The molecule has 1 N–H and O–H groups in total. The van der Waals surface area contributed by atoms with Crippen molar-refractivity contribution in [3.05, 3.63) is 29.3 Å². The second-order valence-electron chi connectivity index (χ2n) is 12.2. The van der Waals surface area contributed by atoms with E-state index in [0.29, 0.717) is 55.7 Å². The SMILES string of the molecule is O=C1NC(=O)C2(N3Cc4cc(O[C@@H]5CCC[C@@H]5N5CC(C6CCC(F)(F)CC6)C5)ccc4C3=O)CC1C2. The lowest BCUT2D eigenvalue weighted by atomic mass is 9.63. The van der Waals surface area contributed by atoms with E-state index < -0.39 is 11.5 Å². The summed E-state index contributed by atoms with van der Waals surface area (Å²) in [5, 5.41) is 2.42. The summed E-state index contributed by atoms with van der Waals surface area (Å²) in [6.45, 7) is 2.30. The van der Waals surface area contributed by atoms with Crippen LogP contribution in [0.15, 0.2) is 18.2 Å². The number of benzene rings is 1. The molecule has 8 rings (SSSR count). The van der Waals surface area contributed by atoms with Crippen LogP contribution in [0.3, 0.4) is 0 Å². The Balaban J connectivity index is 0.986. The molecule has 2 atom stereocenters. The average Bonchev–Trinajstić information content (AvgIpc) is 3.37. The van der Waals surface area contributed by atoms with E-state index in [0.717, 1.165) is 43.7 Å². The van der Waals surface area contributed by atoms with Crippen LogP contribution in [-0.4, -0.2) is 64.2 Å². The Hall–Kier alpha value is -2.55. The van der Waals surface area contributed by atoms with Crippen LogP contribution < -0.4 is 10.1 Å². The lowest BCUT2D eigenvalue weighted by molar-refractivity contribution is -0.160. The van der Waals surface area contributed by atoms with Gasteiger partial charge in [-0.05, 0) is 80.5 Å². The highest BCUT2D eigenvalue weighted by molar-refractivity contribution is 6.10. The molecule has 1 aromatic rings. The first-order valence-corrected chi connectivity index (χ1v) is 13.8. The predicted molar refractivity (Wildman–Crippen MR) is 129 cm³/mol. The first kappa shape index (κ1) is 23.6. The number of piperidine rings is 2. The van der Waals surface area contributed by atoms with Crippen LogP contribution in [0.4, 0.5) is 8.78 Å². The van der Waals surface area contributed by atoms with Crippen molar-refractivity contribution in [3.8, 4) is 5.75 Å². The van der Waals surface area contributed by atoms with Gasteiger partial charge in [0.1, 0.15) is 17.4 Å². The van der Waals surface area contributed by atoms with Gasteiger partial charge in [0.05, 0.1) is 0 Å². The molecule has 3 aliphatic carbocycles. The summed E-state index contributed by atoms with van der Waals surface area (Å²) in [6.07, 6.45) is 5.39. The minimum Gasteiger partial charge on any atom is -0.489 e. The van der Waals surface area contributed by atoms with Crippen molar-refractivity contribution in [1.29, 1.82) is 0 Å². The minimum atomic E-state index is -2.47. The van der Waals surface area contributed by atoms with Crippen molar-refractivity contribution in [2.45, 2.75) is 87.9 Å². The normalized spacial score (nSPS) is 35.7. The zero-order chi connectivity index (χ0) is 25.5. The lowest BCUT2D eigenvalue weighted by Gasteiger charge is -2.53. The van der Waals surface area contributed by atoms with E-state index >= 15 is 0 Å². The first-order valence-electron chi connectivity index (χ1n) is 13.8. The Morgan fingerprint density at radius 3 is 2.46 bits per heavy atom. The van der Waals surface area contributed by atoms with Crippen LogP contribution in [0, 0.1) is 17.8 Å². The zero-order valence-electron chi connectivity index (χ0n) is 20.9. The topological polar surface area (TPSA) is 79.0 Å². The molecule has 7 aliphatic rings. The van der Waals surface area contributed by atoms with Gasteiger partial charge >= 0.3 is 0 Å². The van der Waals surface area contributed by atoms with Crippen LogP contribution in [0.25, 0.3) is 0 Å². The summed E-state index contributed by atoms with van der Waals surface area (Å²) in [6, 6.07) is 5.92. The maximum absolute atomic E-state index is 13.5. The molecule has 0 spiro atoms. The minimum absolute atomic E-state index is 0.0338. The van der Waals surface area contributed by atoms with Gasteiger partial charge in [0, 0.05) is 50.0 Å². The Labute approximate surface area is 214 Å². The summed E-state index contributed by atoms with van der Waals surface area (Å²) in [5.74, 6) is -1.72. The molecule has 3 saturated heterocycles. The second-order valence-corrected chi connectivity index (χ2v) is 12.2. The number of hydrogen-bond donors (Lipinski definition) is 1. The molecular weight excluding hydrogens is 480 g/mol. The number of carbonyl (C=O) groups excluding carboxylic acids is 3. The third kappa shape index (κ3) is 3.71. The van der Waals surface area contributed by atoms with Gasteiger partial charge in [0.15, 0.2) is 0 Å². The molecular formula is C28H33F2N3O4. The Bertz CT molecular complexity index is 1150. The lowest BCUT2D eigenvalue weighted by Crippen LogP contribution is -2.73. The third-order valence-corrected chi connectivity index (χ3v) is 10.1. The molecule has 4 aliphatic heterocycles. The number of amides is 3. The average molecular weight is 514 g/mol. The Morgan fingerprint density at radius 2 is 1.73 bits per heavy atom. The van der Waals surface area contributed by atoms with E-state index in [1.54, 1.807) is 11.0 Å². The quantitative estimate of drug-likeness (QED) is 0.610. The van der Waals surface area contributed by atoms with Crippen LogP contribution in [0.5, 0.6) is 5.75 Å². The predicted octanol–water partition coefficient (Wildman–Crippen LogP) is 3.50. The highest BCUT2D eigenvalue weighted by atomic mass is 19.3. The molecule has 0 unspecified atom stereocenters. The van der Waals surface area contributed by atoms with E-state index in [9.17, 15) is 23.2 Å². The van der Waals surface area contributed by atoms with Gasteiger partial charge in [0.2, 0.25) is 11.8 Å². The summed E-state index contributed by atoms with van der Waals surface area (Å²) in [4.78, 5) is 41.8. The van der Waals surface area contributed by atoms with E-state index in [4.69, 9.17) is 4.74 Å². The number of nitrogens with zero attached hydrogens (tertiary/aromatic N) is 2. The molecule has 1 aromatic carbocycles. The largest absolute Gasteiger partial charge is 0.489 e. The van der Waals surface area contributed by atoms with E-state index in [1.807, 2.05) is 12.1 Å². The monoisotopic (exact) mass is 513 g/mol. The Morgan fingerprint density at radius 1 is 0.973 bits per heavy atom. The van der Waals surface area contributed by atoms with Crippen molar-refractivity contribution >= 4 is 17.7 Å². The van der Waals surface area contributed by atoms with Gasteiger partial charge in [-0.25, -0.2) is 8.78 Å². The molecule has 0 radical (unpaired) electrons. The maximum atomic E-state index is 13.5. The number of hydrogen-bond acceptors (Lipinski definition) is 5. The Kier molecular flexibility index (Phi) is 5.24. The molecule has 4 heterocycles. The highest BCUT2D eigenvalue weighted by Crippen LogP contribution is 2.49. The van der Waals surface area contributed by atoms with Crippen molar-refractivity contribution in [2.24, 2.45) is 17.8 Å². The molecule has 37 heavy (non-hydrogen) atoms. The van der Waals surface area contributed by atoms with Gasteiger partial charge in [0.25, 0.3) is 11.8 Å². The second kappa shape index (κ2) is 8.22. The third-order valence-electron chi connectivity index (χ3n) is 10.1. The van der Waals surface area contributed by atoms with Gasteiger partial charge in [-0.2, -0.15) is 0 Å². The fraction of sp³-hybridized carbons (Fsp3) is 0.679. The number of nitrogens with one attached hydrogen (secondary N) is 1. The van der Waals surface area contributed by atoms with E-state index in [-0.39, 0.29) is 42.6 Å².